The van der Waals surface area contributed by atoms with Crippen molar-refractivity contribution in [1.82, 2.24) is 0 Å². The van der Waals surface area contributed by atoms with E-state index in [9.17, 15) is 9.90 Å². The van der Waals surface area contributed by atoms with Gasteiger partial charge in [-0.2, -0.15) is 0 Å². The molecular formula is C19H26O2. The molecule has 2 aliphatic carbocycles. The molecule has 1 aromatic carbocycles. The van der Waals surface area contributed by atoms with Gasteiger partial charge in [-0.15, -0.1) is 0 Å². The smallest absolute Gasteiger partial charge is 0.306 e. The summed E-state index contributed by atoms with van der Waals surface area (Å²) in [5, 5.41) is 9.26. The zero-order valence-electron chi connectivity index (χ0n) is 13.1. The molecule has 0 amide bonds. The highest BCUT2D eigenvalue weighted by Crippen LogP contribution is 2.49. The lowest BCUT2D eigenvalue weighted by atomic mass is 9.65. The highest BCUT2D eigenvalue weighted by atomic mass is 16.4. The van der Waals surface area contributed by atoms with Crippen molar-refractivity contribution < 1.29 is 9.90 Å². The van der Waals surface area contributed by atoms with E-state index in [0.717, 1.165) is 25.7 Å². The third-order valence-electron chi connectivity index (χ3n) is 5.77. The number of carboxylic acids is 1. The van der Waals surface area contributed by atoms with E-state index in [1.807, 2.05) is 0 Å². The normalized spacial score (nSPS) is 32.1. The lowest BCUT2D eigenvalue weighted by Crippen LogP contribution is -2.30. The van der Waals surface area contributed by atoms with Crippen molar-refractivity contribution in [1.29, 1.82) is 0 Å². The first-order chi connectivity index (χ1) is 10.1. The van der Waals surface area contributed by atoms with Crippen molar-refractivity contribution in [2.75, 3.05) is 0 Å². The first-order valence-corrected chi connectivity index (χ1v) is 8.38. The summed E-state index contributed by atoms with van der Waals surface area (Å²) in [4.78, 5) is 11.2. The van der Waals surface area contributed by atoms with Crippen molar-refractivity contribution in [2.45, 2.75) is 51.9 Å². The van der Waals surface area contributed by atoms with E-state index in [4.69, 9.17) is 0 Å². The molecule has 0 heterocycles. The molecule has 0 saturated heterocycles. The van der Waals surface area contributed by atoms with Gasteiger partial charge in [0.2, 0.25) is 0 Å². The summed E-state index contributed by atoms with van der Waals surface area (Å²) < 4.78 is 0. The Morgan fingerprint density at radius 1 is 1.19 bits per heavy atom. The van der Waals surface area contributed by atoms with E-state index in [2.05, 4.69) is 38.1 Å². The first kappa shape index (κ1) is 14.6. The lowest BCUT2D eigenvalue weighted by molar-refractivity contribution is -0.141. The second-order valence-electron chi connectivity index (χ2n) is 7.28. The number of rotatable bonds is 3. The Morgan fingerprint density at radius 2 is 1.95 bits per heavy atom. The van der Waals surface area contributed by atoms with E-state index < -0.39 is 5.97 Å². The number of hydrogen-bond acceptors (Lipinski definition) is 1. The molecule has 1 N–H and O–H groups in total. The fourth-order valence-electron chi connectivity index (χ4n) is 4.83. The fraction of sp³-hybridized carbons (Fsp3) is 0.632. The van der Waals surface area contributed by atoms with Gasteiger partial charge in [-0.1, -0.05) is 38.1 Å². The first-order valence-electron chi connectivity index (χ1n) is 8.38. The molecule has 1 aromatic rings. The Balaban J connectivity index is 1.85. The maximum atomic E-state index is 11.2. The van der Waals surface area contributed by atoms with E-state index >= 15 is 0 Å². The number of fused-ring (bicyclic) bond motifs is 1. The maximum absolute atomic E-state index is 11.2. The molecule has 0 spiro atoms. The van der Waals surface area contributed by atoms with Gasteiger partial charge in [-0.3, -0.25) is 4.79 Å². The Labute approximate surface area is 127 Å². The van der Waals surface area contributed by atoms with Crippen LogP contribution in [0.3, 0.4) is 0 Å². The number of carboxylic acid groups (broad SMARTS) is 1. The van der Waals surface area contributed by atoms with Crippen molar-refractivity contribution in [3.8, 4) is 0 Å². The van der Waals surface area contributed by atoms with Crippen LogP contribution in [-0.4, -0.2) is 11.1 Å². The number of carbonyl (C=O) groups is 1. The van der Waals surface area contributed by atoms with Gasteiger partial charge < -0.3 is 5.11 Å². The van der Waals surface area contributed by atoms with Gasteiger partial charge in [0.15, 0.2) is 0 Å². The Morgan fingerprint density at radius 3 is 2.62 bits per heavy atom. The molecule has 1 saturated carbocycles. The van der Waals surface area contributed by atoms with Crippen molar-refractivity contribution in [3.63, 3.8) is 0 Å². The van der Waals surface area contributed by atoms with Crippen LogP contribution in [0.1, 0.15) is 56.6 Å². The topological polar surface area (TPSA) is 37.3 Å². The number of benzene rings is 1. The summed E-state index contributed by atoms with van der Waals surface area (Å²) in [7, 11) is 0. The highest BCUT2D eigenvalue weighted by Gasteiger charge is 2.40. The third-order valence-corrected chi connectivity index (χ3v) is 5.77. The van der Waals surface area contributed by atoms with E-state index in [1.165, 1.54) is 17.5 Å². The van der Waals surface area contributed by atoms with Crippen LogP contribution in [0.4, 0.5) is 0 Å². The molecule has 0 radical (unpaired) electrons. The Kier molecular flexibility index (Phi) is 4.05. The Hall–Kier alpha value is -1.31. The molecule has 3 rings (SSSR count). The molecule has 2 aliphatic rings. The van der Waals surface area contributed by atoms with E-state index in [1.54, 1.807) is 0 Å². The highest BCUT2D eigenvalue weighted by molar-refractivity contribution is 5.70. The monoisotopic (exact) mass is 286 g/mol. The largest absolute Gasteiger partial charge is 0.481 e. The van der Waals surface area contributed by atoms with Gasteiger partial charge in [0.25, 0.3) is 0 Å². The summed E-state index contributed by atoms with van der Waals surface area (Å²) in [5.41, 5.74) is 3.04. The quantitative estimate of drug-likeness (QED) is 0.889. The summed E-state index contributed by atoms with van der Waals surface area (Å²) in [5.74, 6) is 1.82. The average molecular weight is 286 g/mol. The minimum absolute atomic E-state index is 0.0972. The molecule has 1 fully saturated rings. The zero-order chi connectivity index (χ0) is 15.0. The van der Waals surface area contributed by atoms with Gasteiger partial charge in [0, 0.05) is 0 Å². The van der Waals surface area contributed by atoms with Crippen LogP contribution in [0.2, 0.25) is 0 Å². The SMILES string of the molecule is CC(C)C1c2ccccc2CCC1C1CCC(C(=O)O)C1. The van der Waals surface area contributed by atoms with Crippen molar-refractivity contribution >= 4 is 5.97 Å². The summed E-state index contributed by atoms with van der Waals surface area (Å²) in [6.07, 6.45) is 5.27. The number of aryl methyl sites for hydroxylation is 1. The van der Waals surface area contributed by atoms with Gasteiger partial charge in [0.05, 0.1) is 5.92 Å². The van der Waals surface area contributed by atoms with E-state index in [0.29, 0.717) is 23.7 Å². The van der Waals surface area contributed by atoms with E-state index in [-0.39, 0.29) is 5.92 Å². The summed E-state index contributed by atoms with van der Waals surface area (Å²) in [6.45, 7) is 4.65. The predicted molar refractivity (Wildman–Crippen MR) is 84.3 cm³/mol. The third kappa shape index (κ3) is 2.73. The van der Waals surface area contributed by atoms with Gasteiger partial charge in [0.1, 0.15) is 0 Å². The van der Waals surface area contributed by atoms with Gasteiger partial charge in [-0.25, -0.2) is 0 Å². The standard InChI is InChI=1S/C19H26O2/c1-12(2)18-16-6-4-3-5-13(16)9-10-17(18)14-7-8-15(11-14)19(20)21/h3-6,12,14-15,17-18H,7-11H2,1-2H3,(H,20,21). The second kappa shape index (κ2) is 5.82. The van der Waals surface area contributed by atoms with Crippen LogP contribution in [0.15, 0.2) is 24.3 Å². The van der Waals surface area contributed by atoms with Crippen LogP contribution in [0, 0.1) is 23.7 Å². The van der Waals surface area contributed by atoms with Crippen LogP contribution >= 0.6 is 0 Å². The van der Waals surface area contributed by atoms with Crippen LogP contribution < -0.4 is 0 Å². The Bertz CT molecular complexity index is 520. The maximum Gasteiger partial charge on any atom is 0.306 e. The predicted octanol–water partition coefficient (Wildman–Crippen LogP) is 4.49. The number of hydrogen-bond donors (Lipinski definition) is 1. The average Bonchev–Trinajstić information content (AvgIpc) is 2.95. The van der Waals surface area contributed by atoms with Crippen molar-refractivity contribution in [3.05, 3.63) is 35.4 Å². The fourth-order valence-corrected chi connectivity index (χ4v) is 4.83. The lowest BCUT2D eigenvalue weighted by Gasteiger charge is -2.40. The molecule has 4 atom stereocenters. The molecule has 0 aliphatic heterocycles. The van der Waals surface area contributed by atoms with Crippen LogP contribution in [0.5, 0.6) is 0 Å². The molecule has 21 heavy (non-hydrogen) atoms. The van der Waals surface area contributed by atoms with Crippen LogP contribution in [0.25, 0.3) is 0 Å². The second-order valence-corrected chi connectivity index (χ2v) is 7.28. The van der Waals surface area contributed by atoms with Gasteiger partial charge >= 0.3 is 5.97 Å². The zero-order valence-corrected chi connectivity index (χ0v) is 13.1. The summed E-state index contributed by atoms with van der Waals surface area (Å²) >= 11 is 0. The molecule has 4 unspecified atom stereocenters. The van der Waals surface area contributed by atoms with Gasteiger partial charge in [-0.05, 0) is 66.9 Å². The molecular weight excluding hydrogens is 260 g/mol. The molecule has 2 heteroatoms. The van der Waals surface area contributed by atoms with Crippen LogP contribution in [-0.2, 0) is 11.2 Å². The molecule has 0 bridgehead atoms. The summed E-state index contributed by atoms with van der Waals surface area (Å²) in [6, 6.07) is 8.88. The molecule has 0 aromatic heterocycles. The molecule has 114 valence electrons. The minimum Gasteiger partial charge on any atom is -0.481 e. The minimum atomic E-state index is -0.588. The van der Waals surface area contributed by atoms with Crippen molar-refractivity contribution in [2.24, 2.45) is 23.7 Å². The number of aliphatic carboxylic acids is 1. The molecule has 2 nitrogen and oxygen atoms in total.